The molecule has 0 radical (unpaired) electrons. The van der Waals surface area contributed by atoms with E-state index < -0.39 is 0 Å². The summed E-state index contributed by atoms with van der Waals surface area (Å²) in [5.41, 5.74) is 2.38. The third-order valence-electron chi connectivity index (χ3n) is 2.66. The molecule has 1 aliphatic rings. The van der Waals surface area contributed by atoms with Crippen LogP contribution in [0.3, 0.4) is 0 Å². The van der Waals surface area contributed by atoms with Gasteiger partial charge >= 0.3 is 0 Å². The summed E-state index contributed by atoms with van der Waals surface area (Å²) in [7, 11) is 0. The molecule has 80 valence electrons. The van der Waals surface area contributed by atoms with E-state index in [-0.39, 0.29) is 0 Å². The van der Waals surface area contributed by atoms with Crippen molar-refractivity contribution in [2.75, 3.05) is 11.6 Å². The highest BCUT2D eigenvalue weighted by molar-refractivity contribution is 7.12. The van der Waals surface area contributed by atoms with E-state index in [9.17, 15) is 0 Å². The number of hydrogen-bond donors (Lipinski definition) is 0. The minimum absolute atomic E-state index is 0.983. The fourth-order valence-electron chi connectivity index (χ4n) is 1.86. The van der Waals surface area contributed by atoms with Crippen LogP contribution in [0, 0.1) is 0 Å². The highest BCUT2D eigenvalue weighted by Crippen LogP contribution is 2.22. The standard InChI is InChI=1S/C13H12N2S/c1-2-5-11(6-3-1)15-9-8-12(14-15)13-7-4-10-16-13/h1-7,10H,8-9H2. The van der Waals surface area contributed by atoms with E-state index in [1.54, 1.807) is 11.3 Å². The molecule has 0 bridgehead atoms. The highest BCUT2D eigenvalue weighted by Gasteiger charge is 2.17. The number of hydrazone groups is 1. The minimum Gasteiger partial charge on any atom is -0.265 e. The van der Waals surface area contributed by atoms with Gasteiger partial charge in [0.15, 0.2) is 0 Å². The lowest BCUT2D eigenvalue weighted by Crippen LogP contribution is -2.11. The van der Waals surface area contributed by atoms with Crippen molar-refractivity contribution in [3.8, 4) is 0 Å². The zero-order valence-corrected chi connectivity index (χ0v) is 9.65. The zero-order chi connectivity index (χ0) is 10.8. The lowest BCUT2D eigenvalue weighted by atomic mass is 10.2. The van der Waals surface area contributed by atoms with Gasteiger partial charge in [-0.05, 0) is 23.6 Å². The molecular formula is C13H12N2S. The van der Waals surface area contributed by atoms with Crippen LogP contribution in [-0.2, 0) is 0 Å². The van der Waals surface area contributed by atoms with E-state index in [1.165, 1.54) is 16.3 Å². The fraction of sp³-hybridized carbons (Fsp3) is 0.154. The first-order chi connectivity index (χ1) is 7.93. The molecule has 0 fully saturated rings. The van der Waals surface area contributed by atoms with Crippen molar-refractivity contribution < 1.29 is 0 Å². The molecule has 0 atom stereocenters. The summed E-state index contributed by atoms with van der Waals surface area (Å²) < 4.78 is 0. The molecule has 16 heavy (non-hydrogen) atoms. The Labute approximate surface area is 98.8 Å². The van der Waals surface area contributed by atoms with Crippen molar-refractivity contribution in [2.45, 2.75) is 6.42 Å². The van der Waals surface area contributed by atoms with Crippen LogP contribution in [0.15, 0.2) is 52.9 Å². The number of para-hydroxylation sites is 1. The van der Waals surface area contributed by atoms with Crippen LogP contribution in [0.4, 0.5) is 5.69 Å². The van der Waals surface area contributed by atoms with Gasteiger partial charge in [-0.15, -0.1) is 11.3 Å². The van der Waals surface area contributed by atoms with Crippen molar-refractivity contribution in [2.24, 2.45) is 5.10 Å². The molecule has 2 aromatic rings. The Hall–Kier alpha value is -1.61. The van der Waals surface area contributed by atoms with Crippen molar-refractivity contribution in [3.63, 3.8) is 0 Å². The van der Waals surface area contributed by atoms with E-state index in [2.05, 4.69) is 39.8 Å². The molecule has 3 heteroatoms. The average molecular weight is 228 g/mol. The Morgan fingerprint density at radius 2 is 1.94 bits per heavy atom. The normalized spacial score (nSPS) is 15.2. The number of rotatable bonds is 2. The molecule has 0 spiro atoms. The van der Waals surface area contributed by atoms with Crippen LogP contribution in [0.25, 0.3) is 0 Å². The predicted octanol–water partition coefficient (Wildman–Crippen LogP) is 3.36. The number of hydrogen-bond acceptors (Lipinski definition) is 3. The predicted molar refractivity (Wildman–Crippen MR) is 69.3 cm³/mol. The van der Waals surface area contributed by atoms with E-state index >= 15 is 0 Å². The number of anilines is 1. The van der Waals surface area contributed by atoms with Crippen LogP contribution in [0.5, 0.6) is 0 Å². The lowest BCUT2D eigenvalue weighted by molar-refractivity contribution is 0.922. The maximum Gasteiger partial charge on any atom is 0.0799 e. The molecule has 1 aromatic carbocycles. The monoisotopic (exact) mass is 228 g/mol. The van der Waals surface area contributed by atoms with E-state index in [4.69, 9.17) is 0 Å². The Morgan fingerprint density at radius 1 is 1.06 bits per heavy atom. The Balaban J connectivity index is 1.87. The van der Waals surface area contributed by atoms with Gasteiger partial charge in [0.2, 0.25) is 0 Å². The molecule has 0 saturated carbocycles. The van der Waals surface area contributed by atoms with Gasteiger partial charge in [-0.2, -0.15) is 5.10 Å². The van der Waals surface area contributed by atoms with Crippen LogP contribution in [-0.4, -0.2) is 12.3 Å². The quantitative estimate of drug-likeness (QED) is 0.769. The zero-order valence-electron chi connectivity index (χ0n) is 8.84. The van der Waals surface area contributed by atoms with Gasteiger partial charge in [0.1, 0.15) is 0 Å². The minimum atomic E-state index is 0.983. The molecule has 0 N–H and O–H groups in total. The Kier molecular flexibility index (Phi) is 2.46. The summed E-state index contributed by atoms with van der Waals surface area (Å²) in [4.78, 5) is 1.29. The van der Waals surface area contributed by atoms with Crippen LogP contribution in [0.2, 0.25) is 0 Å². The van der Waals surface area contributed by atoms with E-state index in [1.807, 2.05) is 18.2 Å². The summed E-state index contributed by atoms with van der Waals surface area (Å²) in [5.74, 6) is 0. The van der Waals surface area contributed by atoms with Crippen molar-refractivity contribution in [1.29, 1.82) is 0 Å². The molecule has 3 rings (SSSR count). The summed E-state index contributed by atoms with van der Waals surface area (Å²) in [6.45, 7) is 0.983. The number of thiophene rings is 1. The molecule has 0 saturated heterocycles. The second-order valence-corrected chi connectivity index (χ2v) is 4.68. The molecule has 2 nitrogen and oxygen atoms in total. The number of nitrogens with zero attached hydrogens (tertiary/aromatic N) is 2. The van der Waals surface area contributed by atoms with E-state index in [0.717, 1.165) is 13.0 Å². The first-order valence-electron chi connectivity index (χ1n) is 5.37. The third-order valence-corrected chi connectivity index (χ3v) is 3.58. The maximum atomic E-state index is 4.66. The van der Waals surface area contributed by atoms with E-state index in [0.29, 0.717) is 0 Å². The van der Waals surface area contributed by atoms with Gasteiger partial charge in [-0.25, -0.2) is 0 Å². The molecule has 0 unspecified atom stereocenters. The summed E-state index contributed by atoms with van der Waals surface area (Å²) in [6.07, 6.45) is 1.04. The number of benzene rings is 1. The molecule has 1 aromatic heterocycles. The smallest absolute Gasteiger partial charge is 0.0799 e. The highest BCUT2D eigenvalue weighted by atomic mass is 32.1. The Bertz CT molecular complexity index is 488. The third kappa shape index (κ3) is 1.74. The Morgan fingerprint density at radius 3 is 2.69 bits per heavy atom. The molecule has 0 aliphatic carbocycles. The van der Waals surface area contributed by atoms with Gasteiger partial charge in [0.05, 0.1) is 16.3 Å². The molecule has 0 amide bonds. The fourth-order valence-corrected chi connectivity index (χ4v) is 2.60. The van der Waals surface area contributed by atoms with Crippen molar-refractivity contribution in [1.82, 2.24) is 0 Å². The van der Waals surface area contributed by atoms with Gasteiger partial charge < -0.3 is 0 Å². The molecular weight excluding hydrogens is 216 g/mol. The van der Waals surface area contributed by atoms with Crippen molar-refractivity contribution >= 4 is 22.7 Å². The summed E-state index contributed by atoms with van der Waals surface area (Å²) in [5, 5.41) is 8.84. The first kappa shape index (κ1) is 9.60. The first-order valence-corrected chi connectivity index (χ1v) is 6.25. The van der Waals surface area contributed by atoms with Gasteiger partial charge in [-0.1, -0.05) is 24.3 Å². The largest absolute Gasteiger partial charge is 0.265 e. The maximum absolute atomic E-state index is 4.66. The van der Waals surface area contributed by atoms with Crippen molar-refractivity contribution in [3.05, 3.63) is 52.7 Å². The average Bonchev–Trinajstić information content (AvgIpc) is 3.01. The SMILES string of the molecule is c1ccc(N2CCC(c3cccs3)=N2)cc1. The van der Waals surface area contributed by atoms with Gasteiger partial charge in [0.25, 0.3) is 0 Å². The second-order valence-electron chi connectivity index (χ2n) is 3.73. The topological polar surface area (TPSA) is 15.6 Å². The van der Waals surface area contributed by atoms with Crippen LogP contribution in [0.1, 0.15) is 11.3 Å². The molecule has 2 heterocycles. The lowest BCUT2D eigenvalue weighted by Gasteiger charge is -2.12. The van der Waals surface area contributed by atoms with Gasteiger partial charge in [-0.3, -0.25) is 5.01 Å². The second kappa shape index (κ2) is 4.10. The van der Waals surface area contributed by atoms with Gasteiger partial charge in [0, 0.05) is 13.0 Å². The van der Waals surface area contributed by atoms with Crippen LogP contribution >= 0.6 is 11.3 Å². The molecule has 1 aliphatic heterocycles. The summed E-state index contributed by atoms with van der Waals surface area (Å²) >= 11 is 1.76. The van der Waals surface area contributed by atoms with Crippen LogP contribution < -0.4 is 5.01 Å². The summed E-state index contributed by atoms with van der Waals surface area (Å²) in [6, 6.07) is 14.5.